The van der Waals surface area contributed by atoms with E-state index in [-0.39, 0.29) is 23.5 Å². The Kier molecular flexibility index (Phi) is 9.08. The van der Waals surface area contributed by atoms with E-state index in [4.69, 9.17) is 5.73 Å². The maximum Gasteiger partial charge on any atom is 0.251 e. The summed E-state index contributed by atoms with van der Waals surface area (Å²) in [5.74, 6) is -0.342. The van der Waals surface area contributed by atoms with Gasteiger partial charge < -0.3 is 21.3 Å². The lowest BCUT2D eigenvalue weighted by Gasteiger charge is -2.36. The number of halogens is 1. The van der Waals surface area contributed by atoms with Crippen LogP contribution < -0.4 is 21.3 Å². The molecule has 0 unspecified atom stereocenters. The number of carbonyl (C=O) groups is 2. The molecule has 2 aliphatic rings. The molecule has 1 aliphatic carbocycles. The molecular formula is C32H38FN5O2. The van der Waals surface area contributed by atoms with Crippen molar-refractivity contribution in [3.8, 4) is 0 Å². The Morgan fingerprint density at radius 2 is 1.60 bits per heavy atom. The van der Waals surface area contributed by atoms with Gasteiger partial charge >= 0.3 is 0 Å². The van der Waals surface area contributed by atoms with Crippen molar-refractivity contribution in [2.24, 2.45) is 11.7 Å². The van der Waals surface area contributed by atoms with Gasteiger partial charge in [-0.15, -0.1) is 0 Å². The molecule has 40 heavy (non-hydrogen) atoms. The highest BCUT2D eigenvalue weighted by Gasteiger charge is 2.25. The fourth-order valence-corrected chi connectivity index (χ4v) is 5.57. The molecule has 0 atom stereocenters. The third kappa shape index (κ3) is 6.87. The Balaban J connectivity index is 1.26. The average molecular weight is 544 g/mol. The summed E-state index contributed by atoms with van der Waals surface area (Å²) in [6.07, 6.45) is 3.96. The monoisotopic (exact) mass is 543 g/mol. The van der Waals surface area contributed by atoms with Crippen LogP contribution in [0.2, 0.25) is 0 Å². The summed E-state index contributed by atoms with van der Waals surface area (Å²) in [5.41, 5.74) is 10.5. The van der Waals surface area contributed by atoms with Crippen LogP contribution in [0.3, 0.4) is 0 Å². The van der Waals surface area contributed by atoms with Crippen molar-refractivity contribution in [2.75, 3.05) is 36.4 Å². The van der Waals surface area contributed by atoms with Crippen LogP contribution >= 0.6 is 0 Å². The van der Waals surface area contributed by atoms with Crippen molar-refractivity contribution in [3.05, 3.63) is 94.8 Å². The molecule has 2 fully saturated rings. The van der Waals surface area contributed by atoms with E-state index in [0.29, 0.717) is 36.6 Å². The van der Waals surface area contributed by atoms with Crippen LogP contribution in [0.5, 0.6) is 0 Å². The van der Waals surface area contributed by atoms with E-state index < -0.39 is 0 Å². The quantitative estimate of drug-likeness (QED) is 0.365. The number of amides is 2. The smallest absolute Gasteiger partial charge is 0.251 e. The number of nitrogens with zero attached hydrogens (tertiary/aromatic N) is 2. The minimum Gasteiger partial charge on any atom is -0.367 e. The number of hydrogen-bond acceptors (Lipinski definition) is 5. The summed E-state index contributed by atoms with van der Waals surface area (Å²) in [5, 5.41) is 6.13. The first-order valence-electron chi connectivity index (χ1n) is 14.2. The molecule has 5 rings (SSSR count). The highest BCUT2D eigenvalue weighted by atomic mass is 19.1. The number of piperazine rings is 1. The van der Waals surface area contributed by atoms with E-state index >= 15 is 0 Å². The summed E-state index contributed by atoms with van der Waals surface area (Å²) in [4.78, 5) is 30.5. The fraction of sp³-hybridized carbons (Fsp3) is 0.375. The van der Waals surface area contributed by atoms with Gasteiger partial charge in [-0.05, 0) is 53.8 Å². The molecule has 1 aliphatic heterocycles. The topological polar surface area (TPSA) is 90.7 Å². The van der Waals surface area contributed by atoms with Crippen molar-refractivity contribution in [1.82, 2.24) is 10.2 Å². The van der Waals surface area contributed by atoms with Gasteiger partial charge in [0, 0.05) is 63.0 Å². The summed E-state index contributed by atoms with van der Waals surface area (Å²) >= 11 is 0. The molecule has 7 nitrogen and oxygen atoms in total. The molecule has 1 saturated carbocycles. The molecular weight excluding hydrogens is 505 g/mol. The second kappa shape index (κ2) is 13.1. The zero-order valence-electron chi connectivity index (χ0n) is 22.9. The average Bonchev–Trinajstić information content (AvgIpc) is 3.53. The second-order valence-electron chi connectivity index (χ2n) is 10.8. The molecule has 0 radical (unpaired) electrons. The number of hydrogen-bond donors (Lipinski definition) is 3. The van der Waals surface area contributed by atoms with E-state index in [0.717, 1.165) is 68.6 Å². The minimum absolute atomic E-state index is 0.0196. The fourth-order valence-electron chi connectivity index (χ4n) is 5.57. The summed E-state index contributed by atoms with van der Waals surface area (Å²) in [6.45, 7) is 4.51. The molecule has 210 valence electrons. The first kappa shape index (κ1) is 27.8. The van der Waals surface area contributed by atoms with Gasteiger partial charge in [0.2, 0.25) is 5.91 Å². The Morgan fingerprint density at radius 1 is 0.900 bits per heavy atom. The Bertz CT molecular complexity index is 1320. The van der Waals surface area contributed by atoms with Gasteiger partial charge in [-0.2, -0.15) is 0 Å². The van der Waals surface area contributed by atoms with Crippen molar-refractivity contribution < 1.29 is 14.0 Å². The molecule has 4 N–H and O–H groups in total. The molecule has 1 heterocycles. The number of nitrogens with two attached hydrogens (primary N) is 1. The summed E-state index contributed by atoms with van der Waals surface area (Å²) in [7, 11) is 0. The van der Waals surface area contributed by atoms with Gasteiger partial charge in [0.1, 0.15) is 5.82 Å². The van der Waals surface area contributed by atoms with E-state index in [1.165, 1.54) is 6.07 Å². The lowest BCUT2D eigenvalue weighted by molar-refractivity contribution is -0.119. The zero-order valence-corrected chi connectivity index (χ0v) is 22.9. The van der Waals surface area contributed by atoms with Crippen LogP contribution in [0, 0.1) is 11.7 Å². The number of rotatable bonds is 9. The van der Waals surface area contributed by atoms with Crippen LogP contribution in [0.1, 0.15) is 52.7 Å². The standard InChI is InChI=1S/C32H38FN5O2/c33-28-7-3-4-8-30(28)38-17-15-37(16-18-38)22-27-14-13-26(19-29(27)36-32(40)25-5-1-2-6-25)31(39)35-21-24-11-9-23(20-34)10-12-24/h3-4,7-14,19,25H,1-2,5-6,15-18,20-22,34H2,(H,35,39)(H,36,40). The van der Waals surface area contributed by atoms with Crippen molar-refractivity contribution in [2.45, 2.75) is 45.3 Å². The molecule has 1 saturated heterocycles. The van der Waals surface area contributed by atoms with Crippen LogP contribution in [-0.2, 0) is 24.4 Å². The lowest BCUT2D eigenvalue weighted by atomic mass is 10.0. The maximum absolute atomic E-state index is 14.3. The van der Waals surface area contributed by atoms with E-state index in [2.05, 4.69) is 20.4 Å². The lowest BCUT2D eigenvalue weighted by Crippen LogP contribution is -2.46. The van der Waals surface area contributed by atoms with Crippen LogP contribution in [0.25, 0.3) is 0 Å². The van der Waals surface area contributed by atoms with Gasteiger partial charge in [-0.1, -0.05) is 55.3 Å². The third-order valence-corrected chi connectivity index (χ3v) is 8.03. The highest BCUT2D eigenvalue weighted by molar-refractivity contribution is 5.98. The van der Waals surface area contributed by atoms with Crippen LogP contribution in [0.15, 0.2) is 66.7 Å². The van der Waals surface area contributed by atoms with E-state index in [9.17, 15) is 14.0 Å². The van der Waals surface area contributed by atoms with Crippen LogP contribution in [-0.4, -0.2) is 42.9 Å². The molecule has 0 spiro atoms. The predicted molar refractivity (Wildman–Crippen MR) is 156 cm³/mol. The van der Waals surface area contributed by atoms with E-state index in [1.54, 1.807) is 12.1 Å². The second-order valence-corrected chi connectivity index (χ2v) is 10.8. The van der Waals surface area contributed by atoms with Gasteiger partial charge in [0.05, 0.1) is 5.69 Å². The normalized spacial score (nSPS) is 16.2. The number of nitrogens with one attached hydrogen (secondary N) is 2. The Labute approximate surface area is 235 Å². The largest absolute Gasteiger partial charge is 0.367 e. The van der Waals surface area contributed by atoms with Gasteiger partial charge in [0.25, 0.3) is 5.91 Å². The van der Waals surface area contributed by atoms with Crippen molar-refractivity contribution in [3.63, 3.8) is 0 Å². The van der Waals surface area contributed by atoms with Gasteiger partial charge in [0.15, 0.2) is 0 Å². The highest BCUT2D eigenvalue weighted by Crippen LogP contribution is 2.28. The molecule has 3 aromatic carbocycles. The number of para-hydroxylation sites is 1. The first-order chi connectivity index (χ1) is 19.5. The van der Waals surface area contributed by atoms with Crippen molar-refractivity contribution >= 4 is 23.2 Å². The number of anilines is 2. The SMILES string of the molecule is NCc1ccc(CNC(=O)c2ccc(CN3CCN(c4ccccc4F)CC3)c(NC(=O)C3CCCC3)c2)cc1. The molecule has 8 heteroatoms. The molecule has 0 aromatic heterocycles. The first-order valence-corrected chi connectivity index (χ1v) is 14.2. The van der Waals surface area contributed by atoms with Crippen molar-refractivity contribution in [1.29, 1.82) is 0 Å². The summed E-state index contributed by atoms with van der Waals surface area (Å²) in [6, 6.07) is 20.3. The molecule has 0 bridgehead atoms. The zero-order chi connectivity index (χ0) is 27.9. The Morgan fingerprint density at radius 3 is 2.30 bits per heavy atom. The maximum atomic E-state index is 14.3. The number of carbonyl (C=O) groups excluding carboxylic acids is 2. The van der Waals surface area contributed by atoms with Gasteiger partial charge in [-0.25, -0.2) is 4.39 Å². The number of benzene rings is 3. The Hall–Kier alpha value is -3.75. The molecule has 3 aromatic rings. The van der Waals surface area contributed by atoms with Crippen LogP contribution in [0.4, 0.5) is 15.8 Å². The predicted octanol–water partition coefficient (Wildman–Crippen LogP) is 4.67. The minimum atomic E-state index is -0.200. The van der Waals surface area contributed by atoms with E-state index in [1.807, 2.05) is 48.5 Å². The van der Waals surface area contributed by atoms with Gasteiger partial charge in [-0.3, -0.25) is 14.5 Å². The molecule has 2 amide bonds. The third-order valence-electron chi connectivity index (χ3n) is 8.03. The summed E-state index contributed by atoms with van der Waals surface area (Å²) < 4.78 is 14.3.